The van der Waals surface area contributed by atoms with Crippen molar-refractivity contribution >= 4 is 15.8 Å². The van der Waals surface area contributed by atoms with Gasteiger partial charge in [-0.15, -0.1) is 15.0 Å². The fraction of sp³-hybridized carbons (Fsp3) is 0.417. The minimum Gasteiger partial charge on any atom is -0.808 e. The molecule has 1 saturated heterocycles. The Labute approximate surface area is 190 Å². The van der Waals surface area contributed by atoms with E-state index in [0.717, 1.165) is 24.8 Å². The van der Waals surface area contributed by atoms with Crippen molar-refractivity contribution < 1.29 is 28.8 Å². The third-order valence-corrected chi connectivity index (χ3v) is 7.20. The molecule has 1 spiro atoms. The largest absolute Gasteiger partial charge is 0.808 e. The van der Waals surface area contributed by atoms with Crippen molar-refractivity contribution in [2.45, 2.75) is 37.6 Å². The molecule has 5 unspecified atom stereocenters. The van der Waals surface area contributed by atoms with Gasteiger partial charge in [0.25, 0.3) is 5.79 Å². The second-order valence-corrected chi connectivity index (χ2v) is 10.9. The molecule has 8 heteroatoms. The van der Waals surface area contributed by atoms with Crippen molar-refractivity contribution in [3.8, 4) is 41.8 Å². The Morgan fingerprint density at radius 3 is 2.69 bits per heavy atom. The quantitative estimate of drug-likeness (QED) is 0.293. The normalized spacial score (nSPS) is 32.8. The number of rotatable bonds is 4. The fourth-order valence-corrected chi connectivity index (χ4v) is 6.08. The Morgan fingerprint density at radius 1 is 1.22 bits per heavy atom. The van der Waals surface area contributed by atoms with Crippen LogP contribution in [0.2, 0.25) is 0 Å². The number of hydrogen-bond acceptors (Lipinski definition) is 6. The van der Waals surface area contributed by atoms with Crippen molar-refractivity contribution in [1.82, 2.24) is 0 Å². The van der Waals surface area contributed by atoms with Crippen LogP contribution in [0.1, 0.15) is 31.7 Å². The molecule has 0 N–H and O–H groups in total. The molecule has 1 aromatic rings. The van der Waals surface area contributed by atoms with E-state index in [2.05, 4.69) is 51.1 Å². The van der Waals surface area contributed by atoms with Crippen LogP contribution in [0.4, 0.5) is 0 Å². The minimum absolute atomic E-state index is 0.0234. The number of benzene rings is 1. The van der Waals surface area contributed by atoms with Crippen LogP contribution in [-0.2, 0) is 20.3 Å². The van der Waals surface area contributed by atoms with E-state index in [1.165, 1.54) is 0 Å². The average molecular weight is 468 g/mol. The third kappa shape index (κ3) is 3.72. The van der Waals surface area contributed by atoms with Gasteiger partial charge in [0.1, 0.15) is 5.75 Å². The molecule has 4 rings (SSSR count). The van der Waals surface area contributed by atoms with Crippen LogP contribution in [0.15, 0.2) is 35.9 Å². The summed E-state index contributed by atoms with van der Waals surface area (Å²) >= 11 is 0. The summed E-state index contributed by atoms with van der Waals surface area (Å²) in [6.45, 7) is 2.07. The number of terminal acetylenes is 1. The highest BCUT2D eigenvalue weighted by atomic mass is 31.8. The predicted molar refractivity (Wildman–Crippen MR) is 118 cm³/mol. The van der Waals surface area contributed by atoms with Crippen LogP contribution in [0.25, 0.3) is 0 Å². The van der Waals surface area contributed by atoms with Crippen LogP contribution in [-0.4, -0.2) is 12.7 Å². The van der Waals surface area contributed by atoms with E-state index in [1.54, 1.807) is 25.3 Å². The first-order valence-corrected chi connectivity index (χ1v) is 13.1. The second-order valence-electron chi connectivity index (χ2n) is 8.09. The summed E-state index contributed by atoms with van der Waals surface area (Å²) in [6.07, 6.45) is 10.2. The average Bonchev–Trinajstić information content (AvgIpc) is 2.73. The van der Waals surface area contributed by atoms with Crippen molar-refractivity contribution in [3.05, 3.63) is 41.5 Å². The van der Waals surface area contributed by atoms with E-state index in [1.807, 2.05) is 6.07 Å². The lowest BCUT2D eigenvalue weighted by atomic mass is 9.53. The number of ether oxygens (including phenoxy) is 1. The van der Waals surface area contributed by atoms with Gasteiger partial charge in [-0.25, -0.2) is 4.89 Å². The zero-order valence-electron chi connectivity index (χ0n) is 17.7. The molecule has 0 radical (unpaired) electrons. The van der Waals surface area contributed by atoms with Gasteiger partial charge in [-0.1, -0.05) is 43.4 Å². The van der Waals surface area contributed by atoms with E-state index in [-0.39, 0.29) is 23.5 Å². The SMILES string of the molecule is C#CC#CC#CC1C=C(C)C2CCCC1C21OOC1(OC)c1cccc(OP([O-])([O-])=P)c1. The summed E-state index contributed by atoms with van der Waals surface area (Å²) in [4.78, 5) is 34.9. The Hall–Kier alpha value is -2.03. The summed E-state index contributed by atoms with van der Waals surface area (Å²) in [5.74, 6) is 12.3. The van der Waals surface area contributed by atoms with Gasteiger partial charge in [0.05, 0.1) is 0 Å². The van der Waals surface area contributed by atoms with Crippen LogP contribution in [0, 0.1) is 53.8 Å². The number of allylic oxidation sites excluding steroid dienone is 1. The lowest BCUT2D eigenvalue weighted by molar-refractivity contribution is -0.639. The van der Waals surface area contributed by atoms with E-state index < -0.39 is 18.6 Å². The summed E-state index contributed by atoms with van der Waals surface area (Å²) in [5.41, 5.74) is 0.923. The monoisotopic (exact) mass is 468 g/mol. The molecular formula is C24H22O6P2-2. The molecule has 32 heavy (non-hydrogen) atoms. The molecule has 1 aromatic carbocycles. The van der Waals surface area contributed by atoms with Crippen LogP contribution in [0.3, 0.4) is 0 Å². The fourth-order valence-electron chi connectivity index (χ4n) is 5.37. The maximum Gasteiger partial charge on any atom is 0.261 e. The van der Waals surface area contributed by atoms with Gasteiger partial charge < -0.3 is 19.0 Å². The highest BCUT2D eigenvalue weighted by Crippen LogP contribution is 2.65. The molecule has 6 nitrogen and oxygen atoms in total. The van der Waals surface area contributed by atoms with Crippen LogP contribution in [0.5, 0.6) is 5.75 Å². The Morgan fingerprint density at radius 2 is 2.03 bits per heavy atom. The second kappa shape index (κ2) is 8.72. The van der Waals surface area contributed by atoms with Gasteiger partial charge >= 0.3 is 0 Å². The Kier molecular flexibility index (Phi) is 6.31. The Balaban J connectivity index is 1.80. The molecule has 1 aliphatic heterocycles. The number of hydrogen-bond donors (Lipinski definition) is 0. The molecule has 1 heterocycles. The highest BCUT2D eigenvalue weighted by Gasteiger charge is 2.75. The van der Waals surface area contributed by atoms with Crippen molar-refractivity contribution in [3.63, 3.8) is 0 Å². The molecule has 2 bridgehead atoms. The van der Waals surface area contributed by atoms with Crippen molar-refractivity contribution in [2.75, 3.05) is 7.11 Å². The lowest BCUT2D eigenvalue weighted by Gasteiger charge is -2.65. The first-order chi connectivity index (χ1) is 15.3. The van der Waals surface area contributed by atoms with Crippen molar-refractivity contribution in [1.29, 1.82) is 0 Å². The zero-order chi connectivity index (χ0) is 23.0. The molecule has 1 saturated carbocycles. The molecule has 3 aliphatic rings. The summed E-state index contributed by atoms with van der Waals surface area (Å²) < 4.78 is 11.1. The molecule has 0 aromatic heterocycles. The maximum atomic E-state index is 11.6. The van der Waals surface area contributed by atoms with Gasteiger partial charge in [0.2, 0.25) is 0 Å². The van der Waals surface area contributed by atoms with E-state index in [0.29, 0.717) is 5.56 Å². The topological polar surface area (TPSA) is 83.0 Å². The van der Waals surface area contributed by atoms with Gasteiger partial charge in [-0.2, -0.15) is 4.89 Å². The lowest BCUT2D eigenvalue weighted by Crippen LogP contribution is -2.75. The summed E-state index contributed by atoms with van der Waals surface area (Å²) in [6, 6.07) is 6.65. The van der Waals surface area contributed by atoms with Gasteiger partial charge in [-0.3, -0.25) is 0 Å². The molecular weight excluding hydrogens is 446 g/mol. The summed E-state index contributed by atoms with van der Waals surface area (Å²) in [7, 11) is -0.0102. The van der Waals surface area contributed by atoms with Gasteiger partial charge in [0, 0.05) is 30.4 Å². The van der Waals surface area contributed by atoms with Gasteiger partial charge in [-0.05, 0) is 55.6 Å². The minimum atomic E-state index is -4.17. The molecule has 2 fully saturated rings. The van der Waals surface area contributed by atoms with Crippen LogP contribution < -0.4 is 14.3 Å². The van der Waals surface area contributed by atoms with Crippen LogP contribution >= 0.6 is 15.8 Å². The molecule has 5 atom stereocenters. The maximum absolute atomic E-state index is 11.6. The Bertz CT molecular complexity index is 1150. The van der Waals surface area contributed by atoms with E-state index >= 15 is 0 Å². The predicted octanol–water partition coefficient (Wildman–Crippen LogP) is 2.74. The standard InChI is InChI=1S/C24H22O6P2/c1-4-5-6-7-10-18-15-17(2)21-13-9-14-22(18)23(21)24(27-3,30-29-23)19-11-8-12-20(16-19)28-32(25,26)31/h1,8,11-12,15-16,18,21-22,31H,9,13-14H2,2-3H3/q-2. The first-order valence-electron chi connectivity index (χ1n) is 10.2. The zero-order valence-corrected chi connectivity index (χ0v) is 19.6. The molecule has 2 aliphatic carbocycles. The van der Waals surface area contributed by atoms with Crippen molar-refractivity contribution in [2.24, 2.45) is 17.8 Å². The number of methoxy groups -OCH3 is 1. The molecule has 0 amide bonds. The smallest absolute Gasteiger partial charge is 0.261 e. The highest BCUT2D eigenvalue weighted by molar-refractivity contribution is 7.86. The van der Waals surface area contributed by atoms with Gasteiger partial charge in [0.15, 0.2) is 5.60 Å². The first kappa shape index (κ1) is 23.1. The third-order valence-electron chi connectivity index (χ3n) is 6.48. The summed E-state index contributed by atoms with van der Waals surface area (Å²) in [5, 5.41) is 0. The van der Waals surface area contributed by atoms with E-state index in [9.17, 15) is 9.79 Å². The molecule has 166 valence electrons. The van der Waals surface area contributed by atoms with E-state index in [4.69, 9.17) is 25.5 Å².